The zero-order chi connectivity index (χ0) is 13.7. The molecule has 1 N–H and O–H groups in total. The first kappa shape index (κ1) is 12.7. The van der Waals surface area contributed by atoms with Gasteiger partial charge in [0.05, 0.1) is 6.04 Å². The molecule has 2 nitrogen and oxygen atoms in total. The van der Waals surface area contributed by atoms with Gasteiger partial charge in [0.1, 0.15) is 11.4 Å². The van der Waals surface area contributed by atoms with Gasteiger partial charge < -0.3 is 10.1 Å². The Balaban J connectivity index is 1.48. The fraction of sp³-hybridized carbons (Fsp3) is 0.667. The van der Waals surface area contributed by atoms with Crippen LogP contribution < -0.4 is 10.1 Å². The minimum absolute atomic E-state index is 0.138. The van der Waals surface area contributed by atoms with E-state index >= 15 is 0 Å². The van der Waals surface area contributed by atoms with Crippen LogP contribution >= 0.6 is 0 Å². The lowest BCUT2D eigenvalue weighted by Gasteiger charge is -2.30. The van der Waals surface area contributed by atoms with Crippen molar-refractivity contribution < 1.29 is 4.74 Å². The number of hydrogen-bond acceptors (Lipinski definition) is 2. The Morgan fingerprint density at radius 3 is 2.80 bits per heavy atom. The van der Waals surface area contributed by atoms with Crippen molar-refractivity contribution in [3.63, 3.8) is 0 Å². The fourth-order valence-corrected chi connectivity index (χ4v) is 4.78. The van der Waals surface area contributed by atoms with Crippen molar-refractivity contribution in [3.8, 4) is 5.75 Å². The summed E-state index contributed by atoms with van der Waals surface area (Å²) in [6, 6.07) is 8.82. The number of fused-ring (bicyclic) bond motifs is 3. The van der Waals surface area contributed by atoms with Crippen LogP contribution in [0.15, 0.2) is 24.3 Å². The molecule has 1 aromatic carbocycles. The Labute approximate surface area is 121 Å². The highest BCUT2D eigenvalue weighted by atomic mass is 16.5. The van der Waals surface area contributed by atoms with Gasteiger partial charge in [0.25, 0.3) is 0 Å². The highest BCUT2D eigenvalue weighted by Crippen LogP contribution is 2.49. The van der Waals surface area contributed by atoms with Crippen molar-refractivity contribution in [3.05, 3.63) is 29.8 Å². The highest BCUT2D eigenvalue weighted by molar-refractivity contribution is 5.42. The Bertz CT molecular complexity index is 510. The molecule has 4 rings (SSSR count). The lowest BCUT2D eigenvalue weighted by Crippen LogP contribution is -2.41. The van der Waals surface area contributed by atoms with Crippen LogP contribution in [0.5, 0.6) is 5.75 Å². The molecule has 3 aliphatic rings. The van der Waals surface area contributed by atoms with Crippen molar-refractivity contribution in [2.24, 2.45) is 17.8 Å². The van der Waals surface area contributed by atoms with Crippen molar-refractivity contribution in [2.75, 3.05) is 6.54 Å². The number of hydrogen-bond donors (Lipinski definition) is 1. The SMILES string of the molecule is CC1(C)Oc2ccccc2C1NCC1CC2CCC1C2. The molecule has 4 unspecified atom stereocenters. The number of benzene rings is 1. The van der Waals surface area contributed by atoms with Gasteiger partial charge in [0.2, 0.25) is 0 Å². The van der Waals surface area contributed by atoms with E-state index in [0.717, 1.165) is 30.0 Å². The van der Waals surface area contributed by atoms with Gasteiger partial charge in [-0.1, -0.05) is 24.6 Å². The molecule has 20 heavy (non-hydrogen) atoms. The fourth-order valence-electron chi connectivity index (χ4n) is 4.78. The third-order valence-corrected chi connectivity index (χ3v) is 5.77. The molecule has 2 aliphatic carbocycles. The summed E-state index contributed by atoms with van der Waals surface area (Å²) in [4.78, 5) is 0. The number of rotatable bonds is 3. The summed E-state index contributed by atoms with van der Waals surface area (Å²) in [5.41, 5.74) is 1.20. The molecule has 2 fully saturated rings. The van der Waals surface area contributed by atoms with Gasteiger partial charge in [-0.25, -0.2) is 0 Å². The number of para-hydroxylation sites is 1. The molecular weight excluding hydrogens is 246 g/mol. The first-order valence-corrected chi connectivity index (χ1v) is 8.15. The number of nitrogens with one attached hydrogen (secondary N) is 1. The van der Waals surface area contributed by atoms with Gasteiger partial charge in [0.15, 0.2) is 0 Å². The largest absolute Gasteiger partial charge is 0.486 e. The quantitative estimate of drug-likeness (QED) is 0.899. The summed E-state index contributed by atoms with van der Waals surface area (Å²) >= 11 is 0. The second kappa shape index (κ2) is 4.49. The zero-order valence-electron chi connectivity index (χ0n) is 12.6. The maximum atomic E-state index is 6.12. The van der Waals surface area contributed by atoms with E-state index in [-0.39, 0.29) is 5.60 Å². The molecule has 0 spiro atoms. The standard InChI is InChI=1S/C18H25NO/c1-18(2)17(15-5-3-4-6-16(15)20-18)19-11-14-10-12-7-8-13(14)9-12/h3-6,12-14,17,19H,7-11H2,1-2H3. The molecule has 2 heteroatoms. The second-order valence-corrected chi connectivity index (χ2v) is 7.52. The summed E-state index contributed by atoms with van der Waals surface area (Å²) in [6.45, 7) is 5.56. The van der Waals surface area contributed by atoms with Crippen molar-refractivity contribution in [1.29, 1.82) is 0 Å². The minimum Gasteiger partial charge on any atom is -0.486 e. The van der Waals surface area contributed by atoms with Gasteiger partial charge in [-0.15, -0.1) is 0 Å². The van der Waals surface area contributed by atoms with Crippen molar-refractivity contribution in [1.82, 2.24) is 5.32 Å². The van der Waals surface area contributed by atoms with Crippen molar-refractivity contribution >= 4 is 0 Å². The average Bonchev–Trinajstić information content (AvgIpc) is 3.07. The maximum absolute atomic E-state index is 6.12. The molecule has 1 heterocycles. The molecule has 0 saturated heterocycles. The smallest absolute Gasteiger partial charge is 0.125 e. The summed E-state index contributed by atoms with van der Waals surface area (Å²) in [6.07, 6.45) is 5.90. The Morgan fingerprint density at radius 1 is 1.20 bits per heavy atom. The maximum Gasteiger partial charge on any atom is 0.125 e. The van der Waals surface area contributed by atoms with Gasteiger partial charge in [-0.2, -0.15) is 0 Å². The molecule has 1 aromatic rings. The van der Waals surface area contributed by atoms with Crippen LogP contribution in [0.3, 0.4) is 0 Å². The summed E-state index contributed by atoms with van der Waals surface area (Å²) in [5, 5.41) is 3.83. The van der Waals surface area contributed by atoms with E-state index in [1.165, 1.54) is 31.2 Å². The van der Waals surface area contributed by atoms with Crippen LogP contribution in [0, 0.1) is 17.8 Å². The topological polar surface area (TPSA) is 21.3 Å². The molecule has 108 valence electrons. The van der Waals surface area contributed by atoms with Crippen LogP contribution in [0.4, 0.5) is 0 Å². The van der Waals surface area contributed by atoms with E-state index in [1.54, 1.807) is 0 Å². The molecule has 1 aliphatic heterocycles. The van der Waals surface area contributed by atoms with Crippen LogP contribution in [0.2, 0.25) is 0 Å². The lowest BCUT2D eigenvalue weighted by atomic mass is 9.87. The number of ether oxygens (including phenoxy) is 1. The molecule has 0 amide bonds. The highest BCUT2D eigenvalue weighted by Gasteiger charge is 2.43. The Morgan fingerprint density at radius 2 is 2.05 bits per heavy atom. The molecular formula is C18H25NO. The van der Waals surface area contributed by atoms with Crippen molar-refractivity contribution in [2.45, 2.75) is 51.2 Å². The van der Waals surface area contributed by atoms with Crippen LogP contribution in [-0.4, -0.2) is 12.1 Å². The minimum atomic E-state index is -0.138. The summed E-state index contributed by atoms with van der Waals surface area (Å²) < 4.78 is 6.12. The third kappa shape index (κ3) is 1.96. The molecule has 2 bridgehead atoms. The van der Waals surface area contributed by atoms with E-state index in [1.807, 2.05) is 0 Å². The molecule has 2 saturated carbocycles. The Hall–Kier alpha value is -1.02. The van der Waals surface area contributed by atoms with Gasteiger partial charge in [0, 0.05) is 5.56 Å². The normalized spacial score (nSPS) is 36.9. The lowest BCUT2D eigenvalue weighted by molar-refractivity contribution is 0.0927. The van der Waals surface area contributed by atoms with Gasteiger partial charge in [-0.05, 0) is 63.5 Å². The van der Waals surface area contributed by atoms with E-state index in [9.17, 15) is 0 Å². The monoisotopic (exact) mass is 271 g/mol. The van der Waals surface area contributed by atoms with Gasteiger partial charge in [-0.3, -0.25) is 0 Å². The average molecular weight is 271 g/mol. The van der Waals surface area contributed by atoms with Gasteiger partial charge >= 0.3 is 0 Å². The Kier molecular flexibility index (Phi) is 2.85. The van der Waals surface area contributed by atoms with E-state index in [4.69, 9.17) is 4.74 Å². The van der Waals surface area contributed by atoms with E-state index in [2.05, 4.69) is 43.4 Å². The zero-order valence-corrected chi connectivity index (χ0v) is 12.6. The van der Waals surface area contributed by atoms with Crippen LogP contribution in [-0.2, 0) is 0 Å². The molecule has 0 radical (unpaired) electrons. The first-order valence-electron chi connectivity index (χ1n) is 8.15. The van der Waals surface area contributed by atoms with E-state index in [0.29, 0.717) is 6.04 Å². The van der Waals surface area contributed by atoms with Crippen LogP contribution in [0.1, 0.15) is 51.1 Å². The van der Waals surface area contributed by atoms with Crippen LogP contribution in [0.25, 0.3) is 0 Å². The molecule has 4 atom stereocenters. The van der Waals surface area contributed by atoms with E-state index < -0.39 is 0 Å². The second-order valence-electron chi connectivity index (χ2n) is 7.52. The predicted octanol–water partition coefficient (Wildman–Crippen LogP) is 3.92. The predicted molar refractivity (Wildman–Crippen MR) is 80.8 cm³/mol. The third-order valence-electron chi connectivity index (χ3n) is 5.77. The summed E-state index contributed by atoms with van der Waals surface area (Å²) in [5.74, 6) is 3.99. The molecule has 0 aromatic heterocycles. The summed E-state index contributed by atoms with van der Waals surface area (Å²) in [7, 11) is 0. The first-order chi connectivity index (χ1) is 9.63.